The Bertz CT molecular complexity index is 389. The summed E-state index contributed by atoms with van der Waals surface area (Å²) in [5, 5.41) is 2.11. The van der Waals surface area contributed by atoms with E-state index in [0.717, 1.165) is 6.54 Å². The summed E-state index contributed by atoms with van der Waals surface area (Å²) in [6.45, 7) is 5.88. The number of hydrazine groups is 1. The number of nitrogens with one attached hydrogen (secondary N) is 1. The van der Waals surface area contributed by atoms with Gasteiger partial charge in [0.2, 0.25) is 0 Å². The maximum Gasteiger partial charge on any atom is 0.0732 e. The van der Waals surface area contributed by atoms with Gasteiger partial charge < -0.3 is 0 Å². The van der Waals surface area contributed by atoms with Crippen LogP contribution in [0.1, 0.15) is 10.9 Å². The fourth-order valence-corrected chi connectivity index (χ4v) is 4.60. The zero-order chi connectivity index (χ0) is 11.8. The molecular weight excluding hydrogens is 300 g/mol. The number of hydrogen-bond donors (Lipinski definition) is 2. The molecule has 0 amide bonds. The highest BCUT2D eigenvalue weighted by atomic mass is 79.9. The molecule has 3 fully saturated rings. The Kier molecular flexibility index (Phi) is 3.52. The van der Waals surface area contributed by atoms with Gasteiger partial charge in [-0.05, 0) is 27.4 Å². The number of piperazine rings is 3. The quantitative estimate of drug-likeness (QED) is 0.645. The number of fused-ring (bicyclic) bond motifs is 3. The van der Waals surface area contributed by atoms with Crippen molar-refractivity contribution in [3.05, 3.63) is 20.8 Å². The first-order chi connectivity index (χ1) is 8.29. The molecule has 0 aromatic carbocycles. The Hall–Kier alpha value is 0.0200. The molecule has 1 aromatic rings. The lowest BCUT2D eigenvalue weighted by Gasteiger charge is -2.49. The van der Waals surface area contributed by atoms with Gasteiger partial charge >= 0.3 is 0 Å². The first-order valence-corrected chi connectivity index (χ1v) is 7.62. The second-order valence-corrected chi connectivity index (χ2v) is 6.48. The van der Waals surface area contributed by atoms with E-state index in [9.17, 15) is 0 Å². The Morgan fingerprint density at radius 1 is 1.41 bits per heavy atom. The zero-order valence-electron chi connectivity index (χ0n) is 9.60. The fourth-order valence-electron chi connectivity index (χ4n) is 2.86. The minimum Gasteiger partial charge on any atom is -0.299 e. The highest BCUT2D eigenvalue weighted by Crippen LogP contribution is 2.34. The lowest BCUT2D eigenvalue weighted by Crippen LogP contribution is -2.64. The van der Waals surface area contributed by atoms with Gasteiger partial charge in [0, 0.05) is 48.1 Å². The molecule has 17 heavy (non-hydrogen) atoms. The third kappa shape index (κ3) is 2.18. The van der Waals surface area contributed by atoms with E-state index in [1.165, 1.54) is 35.5 Å². The Labute approximate surface area is 114 Å². The van der Waals surface area contributed by atoms with E-state index in [1.807, 2.05) is 0 Å². The van der Waals surface area contributed by atoms with Crippen LogP contribution >= 0.6 is 27.3 Å². The minimum absolute atomic E-state index is 0.229. The van der Waals surface area contributed by atoms with Crippen molar-refractivity contribution < 1.29 is 0 Å². The monoisotopic (exact) mass is 316 g/mol. The molecule has 0 saturated carbocycles. The standard InChI is InChI=1S/C11H17BrN4S/c12-8-1-6-17-11(8)10(14-13)9-7-15-2-4-16(9)5-3-15/h1,6,9-10,14H,2-5,7,13H2. The molecule has 4 nitrogen and oxygen atoms in total. The van der Waals surface area contributed by atoms with Gasteiger partial charge in [-0.1, -0.05) is 0 Å². The van der Waals surface area contributed by atoms with Crippen LogP contribution in [-0.4, -0.2) is 48.6 Å². The summed E-state index contributed by atoms with van der Waals surface area (Å²) in [6.07, 6.45) is 0. The van der Waals surface area contributed by atoms with Crippen LogP contribution in [0.5, 0.6) is 0 Å². The second kappa shape index (κ2) is 4.95. The van der Waals surface area contributed by atoms with Crippen LogP contribution in [0.15, 0.2) is 15.9 Å². The lowest BCUT2D eigenvalue weighted by atomic mass is 9.99. The van der Waals surface area contributed by atoms with Crippen LogP contribution in [0.2, 0.25) is 0 Å². The van der Waals surface area contributed by atoms with Crippen molar-refractivity contribution in [3.63, 3.8) is 0 Å². The van der Waals surface area contributed by atoms with E-state index in [-0.39, 0.29) is 6.04 Å². The average Bonchev–Trinajstić information content (AvgIpc) is 2.79. The van der Waals surface area contributed by atoms with Crippen LogP contribution in [0.4, 0.5) is 0 Å². The van der Waals surface area contributed by atoms with Gasteiger partial charge in [-0.25, -0.2) is 0 Å². The zero-order valence-corrected chi connectivity index (χ0v) is 12.0. The normalized spacial score (nSPS) is 33.9. The van der Waals surface area contributed by atoms with Crippen molar-refractivity contribution in [1.29, 1.82) is 0 Å². The SMILES string of the molecule is NNC(c1sccc1Br)C1CN2CCN1CC2. The van der Waals surface area contributed by atoms with Crippen molar-refractivity contribution in [1.82, 2.24) is 15.2 Å². The van der Waals surface area contributed by atoms with E-state index in [0.29, 0.717) is 6.04 Å². The highest BCUT2D eigenvalue weighted by Gasteiger charge is 2.37. The molecule has 94 valence electrons. The Balaban J connectivity index is 1.84. The van der Waals surface area contributed by atoms with E-state index >= 15 is 0 Å². The lowest BCUT2D eigenvalue weighted by molar-refractivity contribution is -0.00325. The predicted molar refractivity (Wildman–Crippen MR) is 73.9 cm³/mol. The summed E-state index contributed by atoms with van der Waals surface area (Å²) >= 11 is 5.38. The number of hydrogen-bond acceptors (Lipinski definition) is 5. The number of halogens is 1. The molecule has 4 rings (SSSR count). The molecule has 4 heterocycles. The third-order valence-corrected chi connectivity index (χ3v) is 5.77. The van der Waals surface area contributed by atoms with Crippen molar-refractivity contribution in [2.45, 2.75) is 12.1 Å². The molecule has 3 aliphatic heterocycles. The molecule has 3 N–H and O–H groups in total. The van der Waals surface area contributed by atoms with Crippen LogP contribution < -0.4 is 11.3 Å². The number of rotatable bonds is 3. The molecule has 2 unspecified atom stereocenters. The van der Waals surface area contributed by atoms with Crippen molar-refractivity contribution in [3.8, 4) is 0 Å². The maximum absolute atomic E-state index is 5.79. The van der Waals surface area contributed by atoms with Crippen LogP contribution in [0.3, 0.4) is 0 Å². The molecule has 0 aliphatic carbocycles. The van der Waals surface area contributed by atoms with Gasteiger partial charge in [0.25, 0.3) is 0 Å². The first-order valence-electron chi connectivity index (χ1n) is 5.95. The van der Waals surface area contributed by atoms with Gasteiger partial charge in [0.05, 0.1) is 6.04 Å². The first kappa shape index (κ1) is 12.1. The summed E-state index contributed by atoms with van der Waals surface area (Å²) in [4.78, 5) is 6.42. The van der Waals surface area contributed by atoms with Gasteiger partial charge in [-0.3, -0.25) is 21.1 Å². The Morgan fingerprint density at radius 2 is 2.18 bits per heavy atom. The molecule has 6 heteroatoms. The summed E-state index contributed by atoms with van der Waals surface area (Å²) in [5.41, 5.74) is 3.01. The summed E-state index contributed by atoms with van der Waals surface area (Å²) in [5.74, 6) is 5.79. The fraction of sp³-hybridized carbons (Fsp3) is 0.636. The number of nitrogens with zero attached hydrogens (tertiary/aromatic N) is 2. The van der Waals surface area contributed by atoms with Crippen LogP contribution in [-0.2, 0) is 0 Å². The van der Waals surface area contributed by atoms with Crippen molar-refractivity contribution in [2.75, 3.05) is 32.7 Å². The number of thiophene rings is 1. The maximum atomic E-state index is 5.79. The molecule has 3 aliphatic rings. The molecule has 2 atom stereocenters. The molecular formula is C11H17BrN4S. The van der Waals surface area contributed by atoms with Crippen molar-refractivity contribution in [2.24, 2.45) is 5.84 Å². The van der Waals surface area contributed by atoms with Gasteiger partial charge in [0.1, 0.15) is 0 Å². The molecule has 2 bridgehead atoms. The summed E-state index contributed by atoms with van der Waals surface area (Å²) in [7, 11) is 0. The smallest absolute Gasteiger partial charge is 0.0732 e. The van der Waals surface area contributed by atoms with E-state index in [2.05, 4.69) is 42.6 Å². The van der Waals surface area contributed by atoms with Gasteiger partial charge in [-0.2, -0.15) is 0 Å². The molecule has 0 radical (unpaired) electrons. The molecule has 3 saturated heterocycles. The van der Waals surface area contributed by atoms with Crippen molar-refractivity contribution >= 4 is 27.3 Å². The molecule has 0 spiro atoms. The van der Waals surface area contributed by atoms with Crippen LogP contribution in [0.25, 0.3) is 0 Å². The van der Waals surface area contributed by atoms with Gasteiger partial charge in [0.15, 0.2) is 0 Å². The van der Waals surface area contributed by atoms with E-state index in [1.54, 1.807) is 11.3 Å². The number of nitrogens with two attached hydrogens (primary N) is 1. The molecule has 1 aromatic heterocycles. The Morgan fingerprint density at radius 3 is 2.65 bits per heavy atom. The third-order valence-electron chi connectivity index (χ3n) is 3.81. The largest absolute Gasteiger partial charge is 0.299 e. The average molecular weight is 317 g/mol. The predicted octanol–water partition coefficient (Wildman–Crippen LogP) is 1.01. The highest BCUT2D eigenvalue weighted by molar-refractivity contribution is 9.10. The summed E-state index contributed by atoms with van der Waals surface area (Å²) in [6, 6.07) is 2.83. The summed E-state index contributed by atoms with van der Waals surface area (Å²) < 4.78 is 1.17. The van der Waals surface area contributed by atoms with E-state index < -0.39 is 0 Å². The minimum atomic E-state index is 0.229. The van der Waals surface area contributed by atoms with Crippen LogP contribution in [0, 0.1) is 0 Å². The van der Waals surface area contributed by atoms with Gasteiger partial charge in [-0.15, -0.1) is 11.3 Å². The van der Waals surface area contributed by atoms with E-state index in [4.69, 9.17) is 5.84 Å². The topological polar surface area (TPSA) is 44.5 Å². The second-order valence-electron chi connectivity index (χ2n) is 4.68.